The number of urea groups is 1. The lowest BCUT2D eigenvalue weighted by molar-refractivity contribution is 0.0511. The Morgan fingerprint density at radius 3 is 2.95 bits per heavy atom. The number of carbonyl (C=O) groups excluding carboxylic acids is 2. The summed E-state index contributed by atoms with van der Waals surface area (Å²) in [5.74, 6) is -0.401. The molecular formula is C14H20N4O3. The summed E-state index contributed by atoms with van der Waals surface area (Å²) in [6.45, 7) is 6.99. The summed E-state index contributed by atoms with van der Waals surface area (Å²) < 4.78 is 6.60. The first-order valence-corrected chi connectivity index (χ1v) is 6.94. The number of hydrogen-bond donors (Lipinski definition) is 1. The van der Waals surface area contributed by atoms with Crippen LogP contribution in [0.2, 0.25) is 0 Å². The van der Waals surface area contributed by atoms with Gasteiger partial charge in [0.1, 0.15) is 0 Å². The van der Waals surface area contributed by atoms with Gasteiger partial charge in [-0.1, -0.05) is 6.08 Å². The maximum atomic E-state index is 12.0. The smallest absolute Gasteiger partial charge is 0.356 e. The molecular weight excluding hydrogens is 272 g/mol. The molecule has 0 saturated heterocycles. The fourth-order valence-electron chi connectivity index (χ4n) is 2.40. The number of esters is 1. The largest absolute Gasteiger partial charge is 0.461 e. The van der Waals surface area contributed by atoms with E-state index in [4.69, 9.17) is 4.74 Å². The van der Waals surface area contributed by atoms with Gasteiger partial charge in [-0.3, -0.25) is 4.68 Å². The maximum Gasteiger partial charge on any atom is 0.356 e. The highest BCUT2D eigenvalue weighted by Crippen LogP contribution is 2.22. The number of hydrogen-bond acceptors (Lipinski definition) is 4. The molecule has 2 heterocycles. The maximum absolute atomic E-state index is 12.0. The van der Waals surface area contributed by atoms with Crippen LogP contribution in [0.5, 0.6) is 0 Å². The molecule has 0 unspecified atom stereocenters. The molecule has 21 heavy (non-hydrogen) atoms. The average Bonchev–Trinajstić information content (AvgIpc) is 2.79. The molecule has 0 radical (unpaired) electrons. The van der Waals surface area contributed by atoms with Crippen LogP contribution in [0.15, 0.2) is 12.7 Å². The highest BCUT2D eigenvalue weighted by molar-refractivity contribution is 5.90. The minimum Gasteiger partial charge on any atom is -0.461 e. The average molecular weight is 292 g/mol. The second-order valence-electron chi connectivity index (χ2n) is 4.76. The van der Waals surface area contributed by atoms with Crippen LogP contribution in [0.4, 0.5) is 4.79 Å². The van der Waals surface area contributed by atoms with Gasteiger partial charge < -0.3 is 15.0 Å². The molecule has 7 nitrogen and oxygen atoms in total. The van der Waals surface area contributed by atoms with Crippen LogP contribution in [0.1, 0.15) is 28.7 Å². The highest BCUT2D eigenvalue weighted by atomic mass is 16.5. The third-order valence-electron chi connectivity index (χ3n) is 3.35. The topological polar surface area (TPSA) is 76.5 Å². The van der Waals surface area contributed by atoms with Crippen molar-refractivity contribution in [2.24, 2.45) is 7.05 Å². The van der Waals surface area contributed by atoms with E-state index in [0.717, 1.165) is 11.3 Å². The van der Waals surface area contributed by atoms with Crippen molar-refractivity contribution in [1.29, 1.82) is 0 Å². The summed E-state index contributed by atoms with van der Waals surface area (Å²) in [5, 5.41) is 7.09. The standard InChI is InChI=1S/C14H20N4O3/c1-4-7-15-14(20)18-8-6-11-10(9-18)12(17(3)16-11)13(19)21-5-2/h4H,1,5-9H2,2-3H3,(H,15,20). The fourth-order valence-corrected chi connectivity index (χ4v) is 2.40. The Morgan fingerprint density at radius 1 is 1.52 bits per heavy atom. The van der Waals surface area contributed by atoms with Gasteiger partial charge in [-0.05, 0) is 6.92 Å². The number of aromatic nitrogens is 2. The van der Waals surface area contributed by atoms with Crippen LogP contribution in [0.3, 0.4) is 0 Å². The van der Waals surface area contributed by atoms with Gasteiger partial charge in [0.25, 0.3) is 0 Å². The van der Waals surface area contributed by atoms with E-state index in [0.29, 0.717) is 38.4 Å². The Labute approximate surface area is 123 Å². The number of nitrogens with zero attached hydrogens (tertiary/aromatic N) is 3. The molecule has 0 saturated carbocycles. The second kappa shape index (κ2) is 6.43. The quantitative estimate of drug-likeness (QED) is 0.659. The number of rotatable bonds is 4. The summed E-state index contributed by atoms with van der Waals surface area (Å²) in [6, 6.07) is -0.167. The second-order valence-corrected chi connectivity index (χ2v) is 4.76. The van der Waals surface area contributed by atoms with E-state index in [1.54, 1.807) is 24.9 Å². The van der Waals surface area contributed by atoms with Crippen LogP contribution in [-0.2, 0) is 24.8 Å². The van der Waals surface area contributed by atoms with Crippen molar-refractivity contribution in [1.82, 2.24) is 20.0 Å². The lowest BCUT2D eigenvalue weighted by atomic mass is 10.1. The van der Waals surface area contributed by atoms with E-state index < -0.39 is 5.97 Å². The first-order valence-electron chi connectivity index (χ1n) is 6.94. The normalized spacial score (nSPS) is 13.5. The zero-order valence-electron chi connectivity index (χ0n) is 12.4. The molecule has 1 aromatic rings. The van der Waals surface area contributed by atoms with Gasteiger partial charge in [-0.25, -0.2) is 9.59 Å². The van der Waals surface area contributed by atoms with Crippen molar-refractivity contribution in [3.05, 3.63) is 29.6 Å². The number of fused-ring (bicyclic) bond motifs is 1. The molecule has 0 atom stereocenters. The Balaban J connectivity index is 2.20. The summed E-state index contributed by atoms with van der Waals surface area (Å²) >= 11 is 0. The van der Waals surface area contributed by atoms with Crippen molar-refractivity contribution < 1.29 is 14.3 Å². The molecule has 7 heteroatoms. The number of aryl methyl sites for hydroxylation is 1. The van der Waals surface area contributed by atoms with Crippen molar-refractivity contribution in [3.63, 3.8) is 0 Å². The zero-order chi connectivity index (χ0) is 15.4. The first kappa shape index (κ1) is 15.1. The van der Waals surface area contributed by atoms with Gasteiger partial charge in [0.15, 0.2) is 5.69 Å². The molecule has 2 rings (SSSR count). The van der Waals surface area contributed by atoms with Gasteiger partial charge in [0, 0.05) is 32.1 Å². The Morgan fingerprint density at radius 2 is 2.29 bits per heavy atom. The molecule has 1 aromatic heterocycles. The van der Waals surface area contributed by atoms with Gasteiger partial charge >= 0.3 is 12.0 Å². The highest BCUT2D eigenvalue weighted by Gasteiger charge is 2.29. The van der Waals surface area contributed by atoms with E-state index in [9.17, 15) is 9.59 Å². The molecule has 0 bridgehead atoms. The van der Waals surface area contributed by atoms with Crippen LogP contribution < -0.4 is 5.32 Å². The minimum atomic E-state index is -0.401. The van der Waals surface area contributed by atoms with Crippen molar-refractivity contribution in [2.75, 3.05) is 19.7 Å². The Hall–Kier alpha value is -2.31. The van der Waals surface area contributed by atoms with E-state index in [1.807, 2.05) is 0 Å². The third kappa shape index (κ3) is 3.07. The summed E-state index contributed by atoms with van der Waals surface area (Å²) in [6.07, 6.45) is 2.26. The summed E-state index contributed by atoms with van der Waals surface area (Å²) in [4.78, 5) is 25.7. The van der Waals surface area contributed by atoms with E-state index in [-0.39, 0.29) is 6.03 Å². The molecule has 1 aliphatic rings. The molecule has 2 amide bonds. The SMILES string of the molecule is C=CCNC(=O)N1CCc2nn(C)c(C(=O)OCC)c2C1. The number of ether oxygens (including phenoxy) is 1. The predicted octanol–water partition coefficient (Wildman–Crippen LogP) is 0.850. The van der Waals surface area contributed by atoms with E-state index in [1.165, 1.54) is 4.68 Å². The van der Waals surface area contributed by atoms with Crippen molar-refractivity contribution >= 4 is 12.0 Å². The van der Waals surface area contributed by atoms with Crippen molar-refractivity contribution in [3.8, 4) is 0 Å². The van der Waals surface area contributed by atoms with Gasteiger partial charge in [-0.15, -0.1) is 6.58 Å². The Kier molecular flexibility index (Phi) is 4.62. The molecule has 0 aromatic carbocycles. The monoisotopic (exact) mass is 292 g/mol. The predicted molar refractivity (Wildman–Crippen MR) is 76.9 cm³/mol. The van der Waals surface area contributed by atoms with E-state index in [2.05, 4.69) is 17.0 Å². The Bertz CT molecular complexity index is 565. The van der Waals surface area contributed by atoms with Gasteiger partial charge in [-0.2, -0.15) is 5.10 Å². The number of nitrogens with one attached hydrogen (secondary N) is 1. The first-order chi connectivity index (χ1) is 10.1. The number of carbonyl (C=O) groups is 2. The molecule has 0 spiro atoms. The minimum absolute atomic E-state index is 0.167. The third-order valence-corrected chi connectivity index (χ3v) is 3.35. The van der Waals surface area contributed by atoms with Crippen LogP contribution in [-0.4, -0.2) is 46.4 Å². The summed E-state index contributed by atoms with van der Waals surface area (Å²) in [5.41, 5.74) is 2.05. The summed E-state index contributed by atoms with van der Waals surface area (Å²) in [7, 11) is 1.71. The van der Waals surface area contributed by atoms with Crippen molar-refractivity contribution in [2.45, 2.75) is 19.9 Å². The lowest BCUT2D eigenvalue weighted by Crippen LogP contribution is -2.43. The molecule has 0 aliphatic carbocycles. The van der Waals surface area contributed by atoms with Gasteiger partial charge in [0.05, 0.1) is 18.8 Å². The van der Waals surface area contributed by atoms with Crippen LogP contribution in [0.25, 0.3) is 0 Å². The van der Waals surface area contributed by atoms with Gasteiger partial charge in [0.2, 0.25) is 0 Å². The molecule has 1 N–H and O–H groups in total. The van der Waals surface area contributed by atoms with Crippen LogP contribution >= 0.6 is 0 Å². The van der Waals surface area contributed by atoms with Crippen LogP contribution in [0, 0.1) is 0 Å². The van der Waals surface area contributed by atoms with E-state index >= 15 is 0 Å². The lowest BCUT2D eigenvalue weighted by Gasteiger charge is -2.26. The molecule has 114 valence electrons. The zero-order valence-corrected chi connectivity index (χ0v) is 12.4. The molecule has 1 aliphatic heterocycles. The fraction of sp³-hybridized carbons (Fsp3) is 0.500. The number of amides is 2. The molecule has 0 fully saturated rings.